The summed E-state index contributed by atoms with van der Waals surface area (Å²) in [5, 5.41) is 5.67. The molecule has 0 aliphatic heterocycles. The van der Waals surface area contributed by atoms with Crippen LogP contribution in [-0.4, -0.2) is 32.2 Å². The molecular weight excluding hydrogens is 259 g/mol. The highest BCUT2D eigenvalue weighted by Gasteiger charge is 2.01. The molecule has 5 heteroatoms. The van der Waals surface area contributed by atoms with Crippen molar-refractivity contribution in [2.45, 2.75) is 20.3 Å². The van der Waals surface area contributed by atoms with Crippen molar-refractivity contribution in [3.8, 4) is 0 Å². The third-order valence-corrected chi connectivity index (χ3v) is 2.68. The molecule has 0 heterocycles. The van der Waals surface area contributed by atoms with Gasteiger partial charge in [0.15, 0.2) is 0 Å². The highest BCUT2D eigenvalue weighted by molar-refractivity contribution is 5.92. The van der Waals surface area contributed by atoms with Gasteiger partial charge in [-0.05, 0) is 36.6 Å². The molecule has 0 spiro atoms. The van der Waals surface area contributed by atoms with Gasteiger partial charge in [-0.15, -0.1) is 0 Å². The van der Waals surface area contributed by atoms with Gasteiger partial charge in [0.2, 0.25) is 5.91 Å². The van der Waals surface area contributed by atoms with Crippen LogP contribution in [0.15, 0.2) is 24.3 Å². The van der Waals surface area contributed by atoms with Crippen molar-refractivity contribution in [3.63, 3.8) is 0 Å². The van der Waals surface area contributed by atoms with Crippen molar-refractivity contribution in [1.82, 2.24) is 5.32 Å². The molecule has 2 N–H and O–H groups in total. The van der Waals surface area contributed by atoms with Crippen molar-refractivity contribution in [2.75, 3.05) is 31.6 Å². The molecule has 0 radical (unpaired) electrons. The average Bonchev–Trinajstić information content (AvgIpc) is 2.40. The van der Waals surface area contributed by atoms with Gasteiger partial charge in [-0.3, -0.25) is 4.79 Å². The molecule has 1 amide bonds. The maximum Gasteiger partial charge on any atom is 0.238 e. The number of nitrogens with one attached hydrogen (secondary N) is 2. The molecule has 0 aliphatic rings. The number of ether oxygens (including phenoxy) is 1. The summed E-state index contributed by atoms with van der Waals surface area (Å²) in [6.07, 6.45) is 1.05. The first-order valence-electron chi connectivity index (χ1n) is 6.92. The van der Waals surface area contributed by atoms with Crippen LogP contribution in [0.2, 0.25) is 0 Å². The van der Waals surface area contributed by atoms with Crippen LogP contribution in [0, 0.1) is 11.7 Å². The average molecular weight is 282 g/mol. The van der Waals surface area contributed by atoms with E-state index in [0.717, 1.165) is 13.0 Å². The van der Waals surface area contributed by atoms with E-state index < -0.39 is 0 Å². The Labute approximate surface area is 119 Å². The van der Waals surface area contributed by atoms with E-state index in [-0.39, 0.29) is 18.3 Å². The normalized spacial score (nSPS) is 10.8. The topological polar surface area (TPSA) is 50.4 Å². The van der Waals surface area contributed by atoms with Crippen LogP contribution in [-0.2, 0) is 9.53 Å². The Morgan fingerprint density at radius 3 is 2.60 bits per heavy atom. The Kier molecular flexibility index (Phi) is 7.84. The Hall–Kier alpha value is -1.46. The number of benzene rings is 1. The Bertz CT molecular complexity index is 393. The summed E-state index contributed by atoms with van der Waals surface area (Å²) in [4.78, 5) is 11.6. The lowest BCUT2D eigenvalue weighted by atomic mass is 10.1. The van der Waals surface area contributed by atoms with E-state index in [1.807, 2.05) is 0 Å². The minimum Gasteiger partial charge on any atom is -0.380 e. The van der Waals surface area contributed by atoms with E-state index in [9.17, 15) is 9.18 Å². The molecule has 112 valence electrons. The van der Waals surface area contributed by atoms with E-state index in [1.54, 1.807) is 0 Å². The van der Waals surface area contributed by atoms with Crippen LogP contribution >= 0.6 is 0 Å². The predicted octanol–water partition coefficient (Wildman–Crippen LogP) is 2.42. The van der Waals surface area contributed by atoms with Crippen LogP contribution < -0.4 is 10.6 Å². The van der Waals surface area contributed by atoms with Gasteiger partial charge in [-0.25, -0.2) is 4.39 Å². The number of hydrogen-bond acceptors (Lipinski definition) is 3. The summed E-state index contributed by atoms with van der Waals surface area (Å²) in [6, 6.07) is 5.68. The largest absolute Gasteiger partial charge is 0.380 e. The molecule has 0 saturated heterocycles. The summed E-state index contributed by atoms with van der Waals surface area (Å²) in [5.74, 6) is 0.169. The zero-order valence-corrected chi connectivity index (χ0v) is 12.1. The maximum atomic E-state index is 12.7. The fourth-order valence-electron chi connectivity index (χ4n) is 1.51. The first-order valence-corrected chi connectivity index (χ1v) is 6.92. The summed E-state index contributed by atoms with van der Waals surface area (Å²) in [5.41, 5.74) is 0.589. The quantitative estimate of drug-likeness (QED) is 0.684. The fraction of sp³-hybridized carbons (Fsp3) is 0.533. The standard InChI is InChI=1S/C15H23FN2O2/c1-12(2)7-9-20-10-8-17-11-15(19)18-14-5-3-13(16)4-6-14/h3-6,12,17H,7-11H2,1-2H3,(H,18,19). The highest BCUT2D eigenvalue weighted by Crippen LogP contribution is 2.07. The van der Waals surface area contributed by atoms with Crippen molar-refractivity contribution < 1.29 is 13.9 Å². The van der Waals surface area contributed by atoms with E-state index in [4.69, 9.17) is 4.74 Å². The van der Waals surface area contributed by atoms with E-state index in [1.165, 1.54) is 24.3 Å². The Morgan fingerprint density at radius 1 is 1.25 bits per heavy atom. The van der Waals surface area contributed by atoms with Crippen molar-refractivity contribution in [1.29, 1.82) is 0 Å². The first-order chi connectivity index (χ1) is 9.58. The second kappa shape index (κ2) is 9.44. The van der Waals surface area contributed by atoms with Gasteiger partial charge < -0.3 is 15.4 Å². The van der Waals surface area contributed by atoms with Crippen LogP contribution in [0.25, 0.3) is 0 Å². The summed E-state index contributed by atoms with van der Waals surface area (Å²) in [6.45, 7) is 6.50. The maximum absolute atomic E-state index is 12.7. The molecule has 0 saturated carbocycles. The van der Waals surface area contributed by atoms with Crippen LogP contribution in [0.4, 0.5) is 10.1 Å². The van der Waals surface area contributed by atoms with Crippen LogP contribution in [0.1, 0.15) is 20.3 Å². The zero-order valence-electron chi connectivity index (χ0n) is 12.1. The number of carbonyl (C=O) groups is 1. The van der Waals surface area contributed by atoms with Crippen LogP contribution in [0.5, 0.6) is 0 Å². The Balaban J connectivity index is 2.04. The molecule has 0 fully saturated rings. The number of carbonyl (C=O) groups excluding carboxylic acids is 1. The summed E-state index contributed by atoms with van der Waals surface area (Å²) < 4.78 is 18.1. The fourth-order valence-corrected chi connectivity index (χ4v) is 1.51. The van der Waals surface area contributed by atoms with Crippen LogP contribution in [0.3, 0.4) is 0 Å². The molecule has 4 nitrogen and oxygen atoms in total. The minimum atomic E-state index is -0.320. The van der Waals surface area contributed by atoms with Gasteiger partial charge in [0, 0.05) is 18.8 Å². The molecule has 0 unspecified atom stereocenters. The van der Waals surface area contributed by atoms with E-state index in [0.29, 0.717) is 24.8 Å². The monoisotopic (exact) mass is 282 g/mol. The van der Waals surface area contributed by atoms with Crippen molar-refractivity contribution in [3.05, 3.63) is 30.1 Å². The Morgan fingerprint density at radius 2 is 1.95 bits per heavy atom. The van der Waals surface area contributed by atoms with E-state index >= 15 is 0 Å². The number of halogens is 1. The highest BCUT2D eigenvalue weighted by atomic mass is 19.1. The zero-order chi connectivity index (χ0) is 14.8. The number of hydrogen-bond donors (Lipinski definition) is 2. The van der Waals surface area contributed by atoms with Gasteiger partial charge in [0.05, 0.1) is 13.2 Å². The molecule has 0 bridgehead atoms. The minimum absolute atomic E-state index is 0.154. The molecule has 0 aliphatic carbocycles. The lowest BCUT2D eigenvalue weighted by molar-refractivity contribution is -0.115. The van der Waals surface area contributed by atoms with E-state index in [2.05, 4.69) is 24.5 Å². The van der Waals surface area contributed by atoms with Gasteiger partial charge in [-0.2, -0.15) is 0 Å². The summed E-state index contributed by atoms with van der Waals surface area (Å²) >= 11 is 0. The van der Waals surface area contributed by atoms with Gasteiger partial charge in [0.1, 0.15) is 5.82 Å². The van der Waals surface area contributed by atoms with Crippen molar-refractivity contribution in [2.24, 2.45) is 5.92 Å². The number of rotatable bonds is 9. The third kappa shape index (κ3) is 7.86. The van der Waals surface area contributed by atoms with Gasteiger partial charge >= 0.3 is 0 Å². The lowest BCUT2D eigenvalue weighted by Gasteiger charge is -2.08. The number of amides is 1. The molecule has 1 aromatic carbocycles. The molecule has 0 aromatic heterocycles. The molecule has 1 rings (SSSR count). The molecular formula is C15H23FN2O2. The first kappa shape index (κ1) is 16.6. The second-order valence-electron chi connectivity index (χ2n) is 5.03. The SMILES string of the molecule is CC(C)CCOCCNCC(=O)Nc1ccc(F)cc1. The molecule has 0 atom stereocenters. The second-order valence-corrected chi connectivity index (χ2v) is 5.03. The van der Waals surface area contributed by atoms with Crippen molar-refractivity contribution >= 4 is 11.6 Å². The third-order valence-electron chi connectivity index (χ3n) is 2.68. The smallest absolute Gasteiger partial charge is 0.238 e. The number of anilines is 1. The van der Waals surface area contributed by atoms with Gasteiger partial charge in [-0.1, -0.05) is 13.8 Å². The molecule has 1 aromatic rings. The summed E-state index contributed by atoms with van der Waals surface area (Å²) in [7, 11) is 0. The lowest BCUT2D eigenvalue weighted by Crippen LogP contribution is -2.30. The van der Waals surface area contributed by atoms with Gasteiger partial charge in [0.25, 0.3) is 0 Å². The molecule has 20 heavy (non-hydrogen) atoms. The predicted molar refractivity (Wildman–Crippen MR) is 78.2 cm³/mol.